The Kier molecular flexibility index (Phi) is 5.94. The Balaban J connectivity index is 1.91. The van der Waals surface area contributed by atoms with Crippen molar-refractivity contribution >= 4 is 10.0 Å². The normalized spacial score (nSPS) is 19.2. The monoisotopic (exact) mass is 328 g/mol. The quantitative estimate of drug-likeness (QED) is 0.873. The van der Waals surface area contributed by atoms with Crippen molar-refractivity contribution < 1.29 is 12.8 Å². The molecule has 2 rings (SSSR count). The zero-order chi connectivity index (χ0) is 16.2. The maximum atomic E-state index is 13.9. The largest absolute Gasteiger partial charge is 0.296 e. The molecular weight excluding hydrogens is 303 g/mol. The van der Waals surface area contributed by atoms with E-state index in [9.17, 15) is 12.8 Å². The lowest BCUT2D eigenvalue weighted by molar-refractivity contribution is 0.157. The van der Waals surface area contributed by atoms with E-state index in [1.54, 1.807) is 6.07 Å². The van der Waals surface area contributed by atoms with E-state index in [0.29, 0.717) is 12.0 Å². The summed E-state index contributed by atoms with van der Waals surface area (Å²) in [4.78, 5) is 2.21. The predicted octanol–water partition coefficient (Wildman–Crippen LogP) is 2.68. The molecule has 124 valence electrons. The molecule has 0 unspecified atom stereocenters. The Bertz CT molecular complexity index is 584. The van der Waals surface area contributed by atoms with E-state index in [1.807, 2.05) is 26.0 Å². The third-order valence-electron chi connectivity index (χ3n) is 4.25. The fourth-order valence-corrected chi connectivity index (χ4v) is 4.40. The molecule has 1 atom stereocenters. The molecular formula is C16H25FN2O2S. The molecule has 1 N–H and O–H groups in total. The van der Waals surface area contributed by atoms with Gasteiger partial charge >= 0.3 is 0 Å². The summed E-state index contributed by atoms with van der Waals surface area (Å²) in [7, 11) is -3.16. The van der Waals surface area contributed by atoms with Gasteiger partial charge in [-0.25, -0.2) is 17.5 Å². The molecule has 1 aromatic rings. The fraction of sp³-hybridized carbons (Fsp3) is 0.625. The molecule has 22 heavy (non-hydrogen) atoms. The van der Waals surface area contributed by atoms with E-state index in [0.717, 1.165) is 25.9 Å². The highest BCUT2D eigenvalue weighted by atomic mass is 32.2. The summed E-state index contributed by atoms with van der Waals surface area (Å²) in [5.41, 5.74) is 0.701. The van der Waals surface area contributed by atoms with Crippen molar-refractivity contribution in [1.29, 1.82) is 0 Å². The van der Waals surface area contributed by atoms with Crippen LogP contribution in [0.2, 0.25) is 0 Å². The van der Waals surface area contributed by atoms with E-state index in [2.05, 4.69) is 9.62 Å². The van der Waals surface area contributed by atoms with Crippen molar-refractivity contribution in [3.05, 3.63) is 35.6 Å². The Morgan fingerprint density at radius 2 is 1.95 bits per heavy atom. The minimum absolute atomic E-state index is 0.000574. The van der Waals surface area contributed by atoms with Gasteiger partial charge in [0.25, 0.3) is 0 Å². The van der Waals surface area contributed by atoms with Gasteiger partial charge in [0.15, 0.2) is 0 Å². The standard InChI is InChI=1S/C16H25FN2O2S/c1-3-12-22(20,21)18-14-8-10-19(11-9-14)13(2)15-6-4-5-7-16(15)17/h4-7,13-14,18H,3,8-12H2,1-2H3/t13-/m1/s1. The fourth-order valence-electron chi connectivity index (χ4n) is 3.00. The minimum atomic E-state index is -3.16. The van der Waals surface area contributed by atoms with Crippen LogP contribution in [-0.4, -0.2) is 38.2 Å². The van der Waals surface area contributed by atoms with Crippen molar-refractivity contribution in [2.45, 2.75) is 45.2 Å². The number of rotatable bonds is 6. The van der Waals surface area contributed by atoms with E-state index >= 15 is 0 Å². The Morgan fingerprint density at radius 1 is 1.32 bits per heavy atom. The SMILES string of the molecule is CCCS(=O)(=O)NC1CCN([C@H](C)c2ccccc2F)CC1. The van der Waals surface area contributed by atoms with Gasteiger partial charge in [0.1, 0.15) is 5.82 Å². The van der Waals surface area contributed by atoms with Crippen LogP contribution in [0.1, 0.15) is 44.7 Å². The number of nitrogens with zero attached hydrogens (tertiary/aromatic N) is 1. The molecule has 6 heteroatoms. The van der Waals surface area contributed by atoms with Crippen LogP contribution >= 0.6 is 0 Å². The topological polar surface area (TPSA) is 49.4 Å². The molecule has 1 fully saturated rings. The van der Waals surface area contributed by atoms with Crippen molar-refractivity contribution in [3.8, 4) is 0 Å². The molecule has 0 radical (unpaired) electrons. The Morgan fingerprint density at radius 3 is 2.55 bits per heavy atom. The molecule has 0 bridgehead atoms. The van der Waals surface area contributed by atoms with Crippen molar-refractivity contribution in [2.75, 3.05) is 18.8 Å². The number of nitrogens with one attached hydrogen (secondary N) is 1. The first-order valence-corrected chi connectivity index (χ1v) is 9.56. The first-order chi connectivity index (χ1) is 10.4. The summed E-state index contributed by atoms with van der Waals surface area (Å²) < 4.78 is 40.3. The lowest BCUT2D eigenvalue weighted by atomic mass is 10.0. The van der Waals surface area contributed by atoms with Crippen LogP contribution in [0.5, 0.6) is 0 Å². The predicted molar refractivity (Wildman–Crippen MR) is 86.6 cm³/mol. The Labute approximate surface area is 132 Å². The summed E-state index contributed by atoms with van der Waals surface area (Å²) in [5.74, 6) is -0.000432. The van der Waals surface area contributed by atoms with E-state index in [-0.39, 0.29) is 23.7 Å². The van der Waals surface area contributed by atoms with Crippen molar-refractivity contribution in [3.63, 3.8) is 0 Å². The van der Waals surface area contributed by atoms with Crippen LogP contribution in [0.4, 0.5) is 4.39 Å². The van der Waals surface area contributed by atoms with Gasteiger partial charge in [-0.05, 0) is 32.3 Å². The highest BCUT2D eigenvalue weighted by molar-refractivity contribution is 7.89. The summed E-state index contributed by atoms with van der Waals surface area (Å²) in [6.45, 7) is 5.40. The van der Waals surface area contributed by atoms with Gasteiger partial charge in [-0.1, -0.05) is 25.1 Å². The molecule has 0 saturated carbocycles. The second kappa shape index (κ2) is 7.53. The highest BCUT2D eigenvalue weighted by Crippen LogP contribution is 2.26. The van der Waals surface area contributed by atoms with Crippen molar-refractivity contribution in [2.24, 2.45) is 0 Å². The smallest absolute Gasteiger partial charge is 0.211 e. The lowest BCUT2D eigenvalue weighted by Gasteiger charge is -2.36. The molecule has 0 amide bonds. The second-order valence-corrected chi connectivity index (χ2v) is 7.82. The number of sulfonamides is 1. The summed E-state index contributed by atoms with van der Waals surface area (Å²) in [5, 5.41) is 0. The average molecular weight is 328 g/mol. The van der Waals surface area contributed by atoms with Gasteiger partial charge in [0, 0.05) is 30.7 Å². The third-order valence-corrected chi connectivity index (χ3v) is 5.89. The van der Waals surface area contributed by atoms with Gasteiger partial charge in [0.2, 0.25) is 10.0 Å². The van der Waals surface area contributed by atoms with Gasteiger partial charge < -0.3 is 0 Å². The van der Waals surface area contributed by atoms with Crippen LogP contribution in [0.15, 0.2) is 24.3 Å². The summed E-state index contributed by atoms with van der Waals surface area (Å²) >= 11 is 0. The number of hydrogen-bond acceptors (Lipinski definition) is 3. The number of halogens is 1. The molecule has 4 nitrogen and oxygen atoms in total. The molecule has 0 aliphatic carbocycles. The Hall–Kier alpha value is -0.980. The van der Waals surface area contributed by atoms with Crippen LogP contribution in [0, 0.1) is 5.82 Å². The van der Waals surface area contributed by atoms with Gasteiger partial charge in [-0.2, -0.15) is 0 Å². The molecule has 1 aromatic carbocycles. The van der Waals surface area contributed by atoms with E-state index in [1.165, 1.54) is 6.07 Å². The van der Waals surface area contributed by atoms with E-state index in [4.69, 9.17) is 0 Å². The van der Waals surface area contributed by atoms with Crippen LogP contribution in [0.25, 0.3) is 0 Å². The molecule has 0 spiro atoms. The molecule has 0 aromatic heterocycles. The first-order valence-electron chi connectivity index (χ1n) is 7.91. The van der Waals surface area contributed by atoms with Gasteiger partial charge in [-0.15, -0.1) is 0 Å². The van der Waals surface area contributed by atoms with Crippen LogP contribution in [0.3, 0.4) is 0 Å². The van der Waals surface area contributed by atoms with Gasteiger partial charge in [-0.3, -0.25) is 4.90 Å². The summed E-state index contributed by atoms with van der Waals surface area (Å²) in [6, 6.07) is 6.85. The first kappa shape index (κ1) is 17.4. The van der Waals surface area contributed by atoms with Crippen LogP contribution in [-0.2, 0) is 10.0 Å². The minimum Gasteiger partial charge on any atom is -0.296 e. The summed E-state index contributed by atoms with van der Waals surface area (Å²) in [6.07, 6.45) is 2.15. The molecule has 1 saturated heterocycles. The maximum Gasteiger partial charge on any atom is 0.211 e. The van der Waals surface area contributed by atoms with Crippen LogP contribution < -0.4 is 4.72 Å². The second-order valence-electron chi connectivity index (χ2n) is 5.94. The molecule has 1 aliphatic heterocycles. The maximum absolute atomic E-state index is 13.9. The average Bonchev–Trinajstić information content (AvgIpc) is 2.47. The molecule has 1 heterocycles. The van der Waals surface area contributed by atoms with E-state index < -0.39 is 10.0 Å². The lowest BCUT2D eigenvalue weighted by Crippen LogP contribution is -2.45. The highest BCUT2D eigenvalue weighted by Gasteiger charge is 2.26. The third kappa shape index (κ3) is 4.51. The number of piperidine rings is 1. The number of benzene rings is 1. The van der Waals surface area contributed by atoms with Gasteiger partial charge in [0.05, 0.1) is 5.75 Å². The number of hydrogen-bond donors (Lipinski definition) is 1. The zero-order valence-corrected chi connectivity index (χ0v) is 14.1. The zero-order valence-electron chi connectivity index (χ0n) is 13.3. The number of likely N-dealkylation sites (tertiary alicyclic amines) is 1. The van der Waals surface area contributed by atoms with Crippen molar-refractivity contribution in [1.82, 2.24) is 9.62 Å². The molecule has 1 aliphatic rings.